The van der Waals surface area contributed by atoms with Gasteiger partial charge >= 0.3 is 0 Å². The molecule has 82 valence electrons. The molecule has 0 aliphatic carbocycles. The van der Waals surface area contributed by atoms with Crippen molar-refractivity contribution in [2.24, 2.45) is 0 Å². The molecule has 0 N–H and O–H groups in total. The average molecular weight is 208 g/mol. The van der Waals surface area contributed by atoms with Gasteiger partial charge < -0.3 is 9.47 Å². The van der Waals surface area contributed by atoms with Gasteiger partial charge in [0.2, 0.25) is 0 Å². The third-order valence-corrected chi connectivity index (χ3v) is 2.53. The molecular weight excluding hydrogens is 192 g/mol. The van der Waals surface area contributed by atoms with Crippen LogP contribution in [0, 0.1) is 13.8 Å². The molecule has 0 bridgehead atoms. The minimum atomic E-state index is 0.000697. The van der Waals surface area contributed by atoms with Gasteiger partial charge in [0.25, 0.3) is 0 Å². The molecule has 3 nitrogen and oxygen atoms in total. The Morgan fingerprint density at radius 1 is 1.20 bits per heavy atom. The van der Waals surface area contributed by atoms with Gasteiger partial charge in [-0.2, -0.15) is 0 Å². The van der Waals surface area contributed by atoms with Crippen LogP contribution in [0.15, 0.2) is 12.1 Å². The predicted octanol–water partition coefficient (Wildman–Crippen LogP) is 2.14. The van der Waals surface area contributed by atoms with Gasteiger partial charge in [0.05, 0.1) is 7.11 Å². The number of carbonyl (C=O) groups is 1. The highest BCUT2D eigenvalue weighted by Crippen LogP contribution is 2.24. The van der Waals surface area contributed by atoms with E-state index in [4.69, 9.17) is 9.47 Å². The van der Waals surface area contributed by atoms with Crippen LogP contribution in [0.1, 0.15) is 21.5 Å². The molecule has 15 heavy (non-hydrogen) atoms. The molecule has 1 aromatic rings. The molecule has 0 saturated heterocycles. The van der Waals surface area contributed by atoms with Gasteiger partial charge in [-0.1, -0.05) is 0 Å². The van der Waals surface area contributed by atoms with Gasteiger partial charge in [0.1, 0.15) is 12.4 Å². The summed E-state index contributed by atoms with van der Waals surface area (Å²) in [7, 11) is 3.14. The van der Waals surface area contributed by atoms with E-state index in [1.165, 1.54) is 7.11 Å². The number of methoxy groups -OCH3 is 2. The minimum Gasteiger partial charge on any atom is -0.496 e. The van der Waals surface area contributed by atoms with E-state index in [0.717, 1.165) is 16.9 Å². The van der Waals surface area contributed by atoms with Gasteiger partial charge in [-0.3, -0.25) is 4.79 Å². The molecule has 0 heterocycles. The van der Waals surface area contributed by atoms with E-state index >= 15 is 0 Å². The second-order valence-corrected chi connectivity index (χ2v) is 3.42. The Kier molecular flexibility index (Phi) is 3.86. The standard InChI is InChI=1S/C12H16O3/c1-8-9(2)12(15-4)6-5-10(8)11(13)7-14-3/h5-6H,7H2,1-4H3. The monoisotopic (exact) mass is 208 g/mol. The number of Topliss-reactive ketones (excluding diaryl/α,β-unsaturated/α-hetero) is 1. The lowest BCUT2D eigenvalue weighted by Gasteiger charge is -2.11. The summed E-state index contributed by atoms with van der Waals surface area (Å²) in [5.41, 5.74) is 2.66. The molecule has 0 amide bonds. The molecule has 0 aliphatic rings. The van der Waals surface area contributed by atoms with Gasteiger partial charge in [-0.25, -0.2) is 0 Å². The fraction of sp³-hybridized carbons (Fsp3) is 0.417. The first-order valence-electron chi connectivity index (χ1n) is 4.78. The number of benzene rings is 1. The third kappa shape index (κ3) is 2.36. The van der Waals surface area contributed by atoms with Crippen LogP contribution in [0.25, 0.3) is 0 Å². The highest BCUT2D eigenvalue weighted by Gasteiger charge is 2.12. The topological polar surface area (TPSA) is 35.5 Å². The molecule has 0 atom stereocenters. The molecule has 0 fully saturated rings. The van der Waals surface area contributed by atoms with Crippen LogP contribution in [-0.2, 0) is 4.74 Å². The van der Waals surface area contributed by atoms with E-state index < -0.39 is 0 Å². The zero-order chi connectivity index (χ0) is 11.4. The van der Waals surface area contributed by atoms with Crippen LogP contribution < -0.4 is 4.74 Å². The maximum atomic E-state index is 11.7. The number of rotatable bonds is 4. The van der Waals surface area contributed by atoms with E-state index in [2.05, 4.69) is 0 Å². The van der Waals surface area contributed by atoms with Gasteiger partial charge in [0, 0.05) is 12.7 Å². The second kappa shape index (κ2) is 4.94. The Morgan fingerprint density at radius 2 is 1.87 bits per heavy atom. The highest BCUT2D eigenvalue weighted by atomic mass is 16.5. The van der Waals surface area contributed by atoms with Crippen molar-refractivity contribution < 1.29 is 14.3 Å². The molecule has 0 unspecified atom stereocenters. The van der Waals surface area contributed by atoms with Crippen LogP contribution >= 0.6 is 0 Å². The van der Waals surface area contributed by atoms with Crippen LogP contribution in [0.3, 0.4) is 0 Å². The minimum absolute atomic E-state index is 0.000697. The summed E-state index contributed by atoms with van der Waals surface area (Å²) >= 11 is 0. The number of carbonyl (C=O) groups excluding carboxylic acids is 1. The smallest absolute Gasteiger partial charge is 0.188 e. The summed E-state index contributed by atoms with van der Waals surface area (Å²) in [5, 5.41) is 0. The summed E-state index contributed by atoms with van der Waals surface area (Å²) < 4.78 is 10.0. The first kappa shape index (κ1) is 11.7. The quantitative estimate of drug-likeness (QED) is 0.711. The highest BCUT2D eigenvalue weighted by molar-refractivity contribution is 5.98. The van der Waals surface area contributed by atoms with E-state index in [1.54, 1.807) is 13.2 Å². The summed E-state index contributed by atoms with van der Waals surface area (Å²) in [6.07, 6.45) is 0. The lowest BCUT2D eigenvalue weighted by atomic mass is 9.99. The van der Waals surface area contributed by atoms with Gasteiger partial charge in [-0.15, -0.1) is 0 Å². The fourth-order valence-electron chi connectivity index (χ4n) is 1.53. The number of ketones is 1. The van der Waals surface area contributed by atoms with Crippen molar-refractivity contribution in [3.8, 4) is 5.75 Å². The molecule has 1 rings (SSSR count). The van der Waals surface area contributed by atoms with Crippen LogP contribution in [-0.4, -0.2) is 26.6 Å². The number of hydrogen-bond acceptors (Lipinski definition) is 3. The fourth-order valence-corrected chi connectivity index (χ4v) is 1.53. The second-order valence-electron chi connectivity index (χ2n) is 3.42. The third-order valence-electron chi connectivity index (χ3n) is 2.53. The summed E-state index contributed by atoms with van der Waals surface area (Å²) in [5.74, 6) is 0.808. The zero-order valence-corrected chi connectivity index (χ0v) is 9.59. The Balaban J connectivity index is 3.11. The largest absolute Gasteiger partial charge is 0.496 e. The molecule has 0 aromatic heterocycles. The van der Waals surface area contributed by atoms with E-state index in [9.17, 15) is 4.79 Å². The first-order valence-corrected chi connectivity index (χ1v) is 4.78. The van der Waals surface area contributed by atoms with Crippen molar-refractivity contribution in [1.29, 1.82) is 0 Å². The van der Waals surface area contributed by atoms with Gasteiger partial charge in [0.15, 0.2) is 5.78 Å². The average Bonchev–Trinajstić information content (AvgIpc) is 2.22. The molecular formula is C12H16O3. The van der Waals surface area contributed by atoms with Crippen molar-refractivity contribution in [3.05, 3.63) is 28.8 Å². The molecule has 0 aliphatic heterocycles. The van der Waals surface area contributed by atoms with E-state index in [-0.39, 0.29) is 12.4 Å². The van der Waals surface area contributed by atoms with E-state index in [0.29, 0.717) is 5.56 Å². The van der Waals surface area contributed by atoms with Crippen molar-refractivity contribution in [2.75, 3.05) is 20.8 Å². The SMILES string of the molecule is COCC(=O)c1ccc(OC)c(C)c1C. The molecule has 0 saturated carbocycles. The first-order chi connectivity index (χ1) is 7.11. The lowest BCUT2D eigenvalue weighted by molar-refractivity contribution is 0.0847. The zero-order valence-electron chi connectivity index (χ0n) is 9.59. The van der Waals surface area contributed by atoms with Crippen LogP contribution in [0.2, 0.25) is 0 Å². The van der Waals surface area contributed by atoms with Crippen molar-refractivity contribution in [2.45, 2.75) is 13.8 Å². The Labute approximate surface area is 90.0 Å². The van der Waals surface area contributed by atoms with Crippen LogP contribution in [0.5, 0.6) is 5.75 Å². The lowest BCUT2D eigenvalue weighted by Crippen LogP contribution is -2.09. The Hall–Kier alpha value is -1.35. The van der Waals surface area contributed by atoms with E-state index in [1.807, 2.05) is 19.9 Å². The molecule has 0 spiro atoms. The number of ether oxygens (including phenoxy) is 2. The van der Waals surface area contributed by atoms with Crippen molar-refractivity contribution in [1.82, 2.24) is 0 Å². The molecule has 3 heteroatoms. The van der Waals surface area contributed by atoms with Crippen molar-refractivity contribution in [3.63, 3.8) is 0 Å². The maximum absolute atomic E-state index is 11.7. The Bertz CT molecular complexity index is 369. The Morgan fingerprint density at radius 3 is 2.40 bits per heavy atom. The summed E-state index contributed by atoms with van der Waals surface area (Å²) in [6, 6.07) is 3.59. The normalized spacial score (nSPS) is 10.1. The summed E-state index contributed by atoms with van der Waals surface area (Å²) in [6.45, 7) is 3.98. The van der Waals surface area contributed by atoms with Crippen LogP contribution in [0.4, 0.5) is 0 Å². The van der Waals surface area contributed by atoms with Crippen molar-refractivity contribution >= 4 is 5.78 Å². The summed E-state index contributed by atoms with van der Waals surface area (Å²) in [4.78, 5) is 11.7. The van der Waals surface area contributed by atoms with Gasteiger partial charge in [-0.05, 0) is 37.1 Å². The molecule has 1 aromatic carbocycles. The maximum Gasteiger partial charge on any atom is 0.188 e. The number of hydrogen-bond donors (Lipinski definition) is 0. The predicted molar refractivity (Wildman–Crippen MR) is 58.7 cm³/mol. The molecule has 0 radical (unpaired) electrons.